The number of carbonyl (C=O) groups excluding carboxylic acids is 1. The molecule has 1 heterocycles. The lowest BCUT2D eigenvalue weighted by Crippen LogP contribution is -2.43. The van der Waals surface area contributed by atoms with Crippen molar-refractivity contribution in [2.24, 2.45) is 5.41 Å². The molecule has 0 bridgehead atoms. The van der Waals surface area contributed by atoms with E-state index in [9.17, 15) is 4.79 Å². The van der Waals surface area contributed by atoms with Crippen LogP contribution in [0.2, 0.25) is 5.15 Å². The number of hydrogen-bond donors (Lipinski definition) is 1. The van der Waals surface area contributed by atoms with Crippen molar-refractivity contribution in [3.63, 3.8) is 0 Å². The topological polar surface area (TPSA) is 45.2 Å². The second kappa shape index (κ2) is 6.44. The molecule has 112 valence electrons. The number of rotatable bonds is 4. The molecule has 1 unspecified atom stereocenters. The highest BCUT2D eigenvalue weighted by molar-refractivity contribution is 6.29. The van der Waals surface area contributed by atoms with Crippen molar-refractivity contribution in [1.29, 1.82) is 0 Å². The predicted octanol–water partition coefficient (Wildman–Crippen LogP) is 3.67. The Labute approximate surface area is 126 Å². The number of halogens is 1. The van der Waals surface area contributed by atoms with Gasteiger partial charge in [0.2, 0.25) is 0 Å². The van der Waals surface area contributed by atoms with E-state index < -0.39 is 0 Å². The first-order chi connectivity index (χ1) is 9.16. The molecule has 4 nitrogen and oxygen atoms in total. The van der Waals surface area contributed by atoms with Gasteiger partial charge in [-0.2, -0.15) is 0 Å². The number of nitrogens with zero attached hydrogens (tertiary/aromatic N) is 2. The van der Waals surface area contributed by atoms with Gasteiger partial charge in [-0.25, -0.2) is 4.98 Å². The van der Waals surface area contributed by atoms with Crippen LogP contribution in [0, 0.1) is 5.41 Å². The van der Waals surface area contributed by atoms with Crippen LogP contribution in [-0.2, 0) is 0 Å². The van der Waals surface area contributed by atoms with Crippen molar-refractivity contribution in [3.05, 3.63) is 22.8 Å². The highest BCUT2D eigenvalue weighted by Crippen LogP contribution is 2.25. The first-order valence-electron chi connectivity index (χ1n) is 6.85. The first-order valence-corrected chi connectivity index (χ1v) is 7.23. The SMILES string of the molecule is CCNc1cc(C(=O)N(C)C(C)C(C)(C)C)cc(Cl)n1. The van der Waals surface area contributed by atoms with Crippen molar-refractivity contribution in [3.8, 4) is 0 Å². The number of pyridine rings is 1. The zero-order chi connectivity index (χ0) is 15.5. The van der Waals surface area contributed by atoms with Gasteiger partial charge >= 0.3 is 0 Å². The van der Waals surface area contributed by atoms with Crippen LogP contribution in [0.15, 0.2) is 12.1 Å². The molecule has 1 atom stereocenters. The number of anilines is 1. The molecule has 1 rings (SSSR count). The van der Waals surface area contributed by atoms with Gasteiger partial charge in [0.15, 0.2) is 0 Å². The van der Waals surface area contributed by atoms with Gasteiger partial charge in [0.1, 0.15) is 11.0 Å². The maximum absolute atomic E-state index is 12.6. The van der Waals surface area contributed by atoms with E-state index in [1.165, 1.54) is 0 Å². The Morgan fingerprint density at radius 1 is 1.45 bits per heavy atom. The van der Waals surface area contributed by atoms with Crippen LogP contribution in [-0.4, -0.2) is 35.4 Å². The molecule has 0 spiro atoms. The average molecular weight is 298 g/mol. The Morgan fingerprint density at radius 2 is 2.05 bits per heavy atom. The molecule has 1 amide bonds. The Hall–Kier alpha value is -1.29. The molecule has 0 saturated carbocycles. The van der Waals surface area contributed by atoms with Crippen molar-refractivity contribution < 1.29 is 4.79 Å². The maximum Gasteiger partial charge on any atom is 0.254 e. The summed E-state index contributed by atoms with van der Waals surface area (Å²) < 4.78 is 0. The van der Waals surface area contributed by atoms with E-state index in [2.05, 4.69) is 31.1 Å². The monoisotopic (exact) mass is 297 g/mol. The fraction of sp³-hybridized carbons (Fsp3) is 0.600. The van der Waals surface area contributed by atoms with E-state index in [0.29, 0.717) is 16.5 Å². The van der Waals surface area contributed by atoms with Crippen LogP contribution in [0.4, 0.5) is 5.82 Å². The van der Waals surface area contributed by atoms with Gasteiger partial charge in [-0.3, -0.25) is 4.79 Å². The molecular weight excluding hydrogens is 274 g/mol. The average Bonchev–Trinajstić information content (AvgIpc) is 2.34. The zero-order valence-corrected chi connectivity index (χ0v) is 13.9. The fourth-order valence-electron chi connectivity index (χ4n) is 1.85. The Kier molecular flexibility index (Phi) is 5.40. The molecule has 0 saturated heterocycles. The smallest absolute Gasteiger partial charge is 0.254 e. The van der Waals surface area contributed by atoms with Gasteiger partial charge in [0.05, 0.1) is 0 Å². The zero-order valence-electron chi connectivity index (χ0n) is 13.1. The summed E-state index contributed by atoms with van der Waals surface area (Å²) in [6.07, 6.45) is 0. The summed E-state index contributed by atoms with van der Waals surface area (Å²) in [7, 11) is 1.82. The molecule has 1 N–H and O–H groups in total. The summed E-state index contributed by atoms with van der Waals surface area (Å²) in [6, 6.07) is 3.46. The van der Waals surface area contributed by atoms with Gasteiger partial charge in [0, 0.05) is 25.2 Å². The lowest BCUT2D eigenvalue weighted by atomic mass is 9.87. The molecule has 20 heavy (non-hydrogen) atoms. The van der Waals surface area contributed by atoms with E-state index in [1.54, 1.807) is 17.0 Å². The molecule has 1 aromatic heterocycles. The third kappa shape index (κ3) is 4.10. The molecular formula is C15H24ClN3O. The number of aromatic nitrogens is 1. The number of amides is 1. The van der Waals surface area contributed by atoms with E-state index in [1.807, 2.05) is 20.9 Å². The van der Waals surface area contributed by atoms with Crippen molar-refractivity contribution >= 4 is 23.3 Å². The normalized spacial score (nSPS) is 12.9. The van der Waals surface area contributed by atoms with E-state index in [0.717, 1.165) is 6.54 Å². The van der Waals surface area contributed by atoms with Gasteiger partial charge in [-0.15, -0.1) is 0 Å². The molecule has 0 aliphatic rings. The van der Waals surface area contributed by atoms with Crippen LogP contribution < -0.4 is 5.32 Å². The number of carbonyl (C=O) groups is 1. The lowest BCUT2D eigenvalue weighted by Gasteiger charge is -2.35. The number of hydrogen-bond acceptors (Lipinski definition) is 3. The highest BCUT2D eigenvalue weighted by atomic mass is 35.5. The van der Waals surface area contributed by atoms with Gasteiger partial charge in [-0.1, -0.05) is 32.4 Å². The van der Waals surface area contributed by atoms with Crippen LogP contribution in [0.5, 0.6) is 0 Å². The summed E-state index contributed by atoms with van der Waals surface area (Å²) >= 11 is 5.98. The summed E-state index contributed by atoms with van der Waals surface area (Å²) in [5, 5.41) is 3.40. The minimum Gasteiger partial charge on any atom is -0.370 e. The quantitative estimate of drug-likeness (QED) is 0.862. The Morgan fingerprint density at radius 3 is 2.55 bits per heavy atom. The highest BCUT2D eigenvalue weighted by Gasteiger charge is 2.27. The number of nitrogens with one attached hydrogen (secondary N) is 1. The largest absolute Gasteiger partial charge is 0.370 e. The standard InChI is InChI=1S/C15H24ClN3O/c1-7-17-13-9-11(8-12(16)18-13)14(20)19(6)10(2)15(3,4)5/h8-10H,7H2,1-6H3,(H,17,18). The Bertz CT molecular complexity index is 482. The van der Waals surface area contributed by atoms with Crippen LogP contribution in [0.25, 0.3) is 0 Å². The fourth-order valence-corrected chi connectivity index (χ4v) is 2.06. The summed E-state index contributed by atoms with van der Waals surface area (Å²) in [4.78, 5) is 18.4. The Balaban J connectivity index is 3.02. The molecule has 0 radical (unpaired) electrons. The molecule has 5 heteroatoms. The minimum atomic E-state index is -0.0455. The van der Waals surface area contributed by atoms with E-state index >= 15 is 0 Å². The summed E-state index contributed by atoms with van der Waals surface area (Å²) in [6.45, 7) is 11.1. The lowest BCUT2D eigenvalue weighted by molar-refractivity contribution is 0.0629. The second-order valence-corrected chi connectivity index (χ2v) is 6.44. The van der Waals surface area contributed by atoms with Gasteiger partial charge in [-0.05, 0) is 31.4 Å². The van der Waals surface area contributed by atoms with Gasteiger partial charge in [0.25, 0.3) is 5.91 Å². The first kappa shape index (κ1) is 16.8. The van der Waals surface area contributed by atoms with E-state index in [4.69, 9.17) is 11.6 Å². The van der Waals surface area contributed by atoms with Crippen molar-refractivity contribution in [2.45, 2.75) is 40.7 Å². The molecule has 0 aromatic carbocycles. The third-order valence-corrected chi connectivity index (χ3v) is 3.75. The molecule has 0 fully saturated rings. The van der Waals surface area contributed by atoms with Crippen molar-refractivity contribution in [1.82, 2.24) is 9.88 Å². The second-order valence-electron chi connectivity index (χ2n) is 6.05. The predicted molar refractivity (Wildman–Crippen MR) is 84.4 cm³/mol. The van der Waals surface area contributed by atoms with Crippen LogP contribution >= 0.6 is 11.6 Å². The van der Waals surface area contributed by atoms with Crippen LogP contribution in [0.1, 0.15) is 45.0 Å². The van der Waals surface area contributed by atoms with Crippen molar-refractivity contribution in [2.75, 3.05) is 18.9 Å². The maximum atomic E-state index is 12.6. The van der Waals surface area contributed by atoms with E-state index in [-0.39, 0.29) is 17.4 Å². The summed E-state index contributed by atoms with van der Waals surface area (Å²) in [5.74, 6) is 0.580. The van der Waals surface area contributed by atoms with Gasteiger partial charge < -0.3 is 10.2 Å². The molecule has 0 aliphatic heterocycles. The molecule has 1 aromatic rings. The molecule has 0 aliphatic carbocycles. The summed E-state index contributed by atoms with van der Waals surface area (Å²) in [5.41, 5.74) is 0.575. The minimum absolute atomic E-state index is 0.0196. The third-order valence-electron chi connectivity index (χ3n) is 3.55. The van der Waals surface area contributed by atoms with Crippen LogP contribution in [0.3, 0.4) is 0 Å².